The topological polar surface area (TPSA) is 99.3 Å². The number of ether oxygens (including phenoxy) is 1. The number of carbonyl (C=O) groups excluding carboxylic acids is 4. The molecule has 1 unspecified atom stereocenters. The van der Waals surface area contributed by atoms with Gasteiger partial charge in [-0.05, 0) is 44.9 Å². The second-order valence-electron chi connectivity index (χ2n) is 9.59. The normalized spacial score (nSPS) is 22.1. The van der Waals surface area contributed by atoms with E-state index < -0.39 is 17.6 Å². The van der Waals surface area contributed by atoms with E-state index in [1.807, 2.05) is 39.0 Å². The predicted molar refractivity (Wildman–Crippen MR) is 117 cm³/mol. The highest BCUT2D eigenvalue weighted by atomic mass is 16.6. The summed E-state index contributed by atoms with van der Waals surface area (Å²) in [5.41, 5.74) is 1.98. The summed E-state index contributed by atoms with van der Waals surface area (Å²) in [7, 11) is 0. The van der Waals surface area contributed by atoms with E-state index in [0.29, 0.717) is 18.5 Å². The molecule has 4 rings (SSSR count). The second kappa shape index (κ2) is 8.54. The third-order valence-electron chi connectivity index (χ3n) is 6.02. The van der Waals surface area contributed by atoms with Crippen LogP contribution in [-0.2, 0) is 25.7 Å². The lowest BCUT2D eigenvalue weighted by molar-refractivity contribution is -0.156. The van der Waals surface area contributed by atoms with Crippen LogP contribution in [-0.4, -0.2) is 77.9 Å². The minimum Gasteiger partial charge on any atom is -0.459 e. The molecule has 3 aliphatic heterocycles. The van der Waals surface area contributed by atoms with Gasteiger partial charge in [0.15, 0.2) is 0 Å². The highest BCUT2D eigenvalue weighted by Gasteiger charge is 2.39. The molecule has 1 N–H and O–H groups in total. The quantitative estimate of drug-likeness (QED) is 0.547. The van der Waals surface area contributed by atoms with E-state index in [4.69, 9.17) is 4.74 Å². The Kier molecular flexibility index (Phi) is 5.94. The van der Waals surface area contributed by atoms with Gasteiger partial charge in [0.1, 0.15) is 11.6 Å². The fourth-order valence-electron chi connectivity index (χ4n) is 4.46. The van der Waals surface area contributed by atoms with E-state index in [0.717, 1.165) is 37.4 Å². The lowest BCUT2D eigenvalue weighted by Gasteiger charge is -2.36. The van der Waals surface area contributed by atoms with Gasteiger partial charge in [-0.1, -0.05) is 6.07 Å². The number of piperazine rings is 1. The van der Waals surface area contributed by atoms with Gasteiger partial charge < -0.3 is 14.5 Å². The van der Waals surface area contributed by atoms with Crippen LogP contribution >= 0.6 is 0 Å². The van der Waals surface area contributed by atoms with Crippen molar-refractivity contribution in [2.45, 2.75) is 51.8 Å². The Bertz CT molecular complexity index is 946. The zero-order valence-electron chi connectivity index (χ0n) is 18.8. The van der Waals surface area contributed by atoms with Crippen LogP contribution in [0.3, 0.4) is 0 Å². The highest BCUT2D eigenvalue weighted by molar-refractivity contribution is 6.05. The van der Waals surface area contributed by atoms with Crippen molar-refractivity contribution in [3.63, 3.8) is 0 Å². The minimum atomic E-state index is -0.604. The minimum absolute atomic E-state index is 0.167. The molecule has 1 aromatic rings. The van der Waals surface area contributed by atoms with E-state index in [1.165, 1.54) is 0 Å². The molecule has 3 aliphatic rings. The predicted octanol–water partition coefficient (Wildman–Crippen LogP) is 0.911. The number of nitrogens with zero attached hydrogens (tertiary/aromatic N) is 3. The molecule has 32 heavy (non-hydrogen) atoms. The number of esters is 1. The fourth-order valence-corrected chi connectivity index (χ4v) is 4.46. The number of rotatable bonds is 4. The first-order valence-electron chi connectivity index (χ1n) is 11.1. The molecule has 0 spiro atoms. The van der Waals surface area contributed by atoms with Crippen LogP contribution in [0.2, 0.25) is 0 Å². The van der Waals surface area contributed by atoms with Crippen molar-refractivity contribution < 1.29 is 23.9 Å². The summed E-state index contributed by atoms with van der Waals surface area (Å²) in [6.07, 6.45) is 0.603. The summed E-state index contributed by atoms with van der Waals surface area (Å²) >= 11 is 0. The van der Waals surface area contributed by atoms with Gasteiger partial charge in [0.25, 0.3) is 5.91 Å². The number of benzene rings is 1. The monoisotopic (exact) mass is 442 g/mol. The zero-order chi connectivity index (χ0) is 23.0. The maximum atomic E-state index is 13.0. The molecule has 3 heterocycles. The first kappa shape index (κ1) is 22.3. The molecule has 0 aliphatic carbocycles. The van der Waals surface area contributed by atoms with E-state index in [1.54, 1.807) is 4.90 Å². The Hall–Kier alpha value is -2.94. The smallest absolute Gasteiger partial charge is 0.320 e. The molecule has 9 heteroatoms. The second-order valence-corrected chi connectivity index (χ2v) is 9.59. The average Bonchev–Trinajstić information content (AvgIpc) is 3.03. The van der Waals surface area contributed by atoms with Crippen LogP contribution in [0, 0.1) is 0 Å². The third kappa shape index (κ3) is 4.77. The number of imide groups is 1. The van der Waals surface area contributed by atoms with Gasteiger partial charge in [-0.15, -0.1) is 0 Å². The van der Waals surface area contributed by atoms with Gasteiger partial charge in [0, 0.05) is 50.4 Å². The van der Waals surface area contributed by atoms with Crippen LogP contribution in [0.1, 0.15) is 49.5 Å². The fraction of sp³-hybridized carbons (Fsp3) is 0.565. The molecule has 0 bridgehead atoms. The van der Waals surface area contributed by atoms with E-state index in [-0.39, 0.29) is 30.7 Å². The van der Waals surface area contributed by atoms with Crippen molar-refractivity contribution in [1.82, 2.24) is 15.1 Å². The maximum Gasteiger partial charge on any atom is 0.320 e. The van der Waals surface area contributed by atoms with Crippen LogP contribution in [0.4, 0.5) is 5.69 Å². The van der Waals surface area contributed by atoms with Crippen molar-refractivity contribution in [3.05, 3.63) is 29.3 Å². The Morgan fingerprint density at radius 3 is 2.50 bits per heavy atom. The molecule has 0 aromatic heterocycles. The Labute approximate surface area is 187 Å². The van der Waals surface area contributed by atoms with E-state index >= 15 is 0 Å². The molecule has 1 aromatic carbocycles. The number of piperidine rings is 1. The zero-order valence-corrected chi connectivity index (χ0v) is 18.8. The molecule has 2 saturated heterocycles. The Morgan fingerprint density at radius 1 is 1.12 bits per heavy atom. The SMILES string of the molecule is CC(C)(C)OC(=O)CN1CCN(c2ccc3c(c2)C(=O)N(C2CCC(=O)NC2=O)C3)CC1. The number of anilines is 1. The number of hydrogen-bond donors (Lipinski definition) is 1. The van der Waals surface area contributed by atoms with Gasteiger partial charge in [0.05, 0.1) is 6.54 Å². The van der Waals surface area contributed by atoms with Crippen molar-refractivity contribution in [2.75, 3.05) is 37.6 Å². The molecule has 0 radical (unpaired) electrons. The van der Waals surface area contributed by atoms with Crippen molar-refractivity contribution >= 4 is 29.4 Å². The molecule has 1 atom stereocenters. The largest absolute Gasteiger partial charge is 0.459 e. The van der Waals surface area contributed by atoms with Crippen LogP contribution in [0.5, 0.6) is 0 Å². The molecule has 9 nitrogen and oxygen atoms in total. The van der Waals surface area contributed by atoms with Crippen molar-refractivity contribution in [1.29, 1.82) is 0 Å². The van der Waals surface area contributed by atoms with Gasteiger partial charge >= 0.3 is 5.97 Å². The summed E-state index contributed by atoms with van der Waals surface area (Å²) in [4.78, 5) is 54.6. The van der Waals surface area contributed by atoms with Crippen molar-refractivity contribution in [2.24, 2.45) is 0 Å². The lowest BCUT2D eigenvalue weighted by Crippen LogP contribution is -2.52. The first-order chi connectivity index (χ1) is 15.1. The maximum absolute atomic E-state index is 13.0. The third-order valence-corrected chi connectivity index (χ3v) is 6.02. The molecule has 3 amide bonds. The molecular formula is C23H30N4O5. The number of nitrogens with one attached hydrogen (secondary N) is 1. The van der Waals surface area contributed by atoms with E-state index in [9.17, 15) is 19.2 Å². The van der Waals surface area contributed by atoms with Crippen molar-refractivity contribution in [3.8, 4) is 0 Å². The first-order valence-corrected chi connectivity index (χ1v) is 11.1. The molecule has 0 saturated carbocycles. The molecular weight excluding hydrogens is 412 g/mol. The van der Waals surface area contributed by atoms with Gasteiger partial charge in [-0.2, -0.15) is 0 Å². The summed E-state index contributed by atoms with van der Waals surface area (Å²) in [5, 5.41) is 2.33. The van der Waals surface area contributed by atoms with Gasteiger partial charge in [-0.25, -0.2) is 0 Å². The standard InChI is InChI=1S/C23H30N4O5/c1-23(2,3)32-20(29)14-25-8-10-26(11-9-25)16-5-4-15-13-27(22(31)17(15)12-16)18-6-7-19(28)24-21(18)30/h4-5,12,18H,6-11,13-14H2,1-3H3,(H,24,28,30). The Morgan fingerprint density at radius 2 is 1.84 bits per heavy atom. The highest BCUT2D eigenvalue weighted by Crippen LogP contribution is 2.31. The number of carbonyl (C=O) groups is 4. The molecule has 172 valence electrons. The van der Waals surface area contributed by atoms with Crippen LogP contribution in [0.25, 0.3) is 0 Å². The summed E-state index contributed by atoms with van der Waals surface area (Å²) in [6.45, 7) is 9.18. The summed E-state index contributed by atoms with van der Waals surface area (Å²) in [6, 6.07) is 5.24. The number of amides is 3. The van der Waals surface area contributed by atoms with Gasteiger partial charge in [0.2, 0.25) is 11.8 Å². The number of hydrogen-bond acceptors (Lipinski definition) is 7. The average molecular weight is 443 g/mol. The molecule has 2 fully saturated rings. The van der Waals surface area contributed by atoms with Crippen LogP contribution < -0.4 is 10.2 Å². The van der Waals surface area contributed by atoms with Gasteiger partial charge in [-0.3, -0.25) is 29.4 Å². The lowest BCUT2D eigenvalue weighted by atomic mass is 10.0. The summed E-state index contributed by atoms with van der Waals surface area (Å²) < 4.78 is 5.40. The number of fused-ring (bicyclic) bond motifs is 1. The summed E-state index contributed by atoms with van der Waals surface area (Å²) in [5.74, 6) is -1.07. The van der Waals surface area contributed by atoms with Crippen LogP contribution in [0.15, 0.2) is 18.2 Å². The van der Waals surface area contributed by atoms with E-state index in [2.05, 4.69) is 15.1 Å². The Balaban J connectivity index is 1.37.